The van der Waals surface area contributed by atoms with Gasteiger partial charge in [-0.1, -0.05) is 0 Å². The molecule has 8 heteroatoms. The number of methoxy groups -OCH3 is 3. The number of ether oxygens (including phenoxy) is 4. The van der Waals surface area contributed by atoms with Crippen molar-refractivity contribution < 1.29 is 23.7 Å². The zero-order valence-corrected chi connectivity index (χ0v) is 18.2. The van der Waals surface area contributed by atoms with Crippen molar-refractivity contribution in [2.75, 3.05) is 27.6 Å². The van der Waals surface area contributed by atoms with Crippen molar-refractivity contribution in [2.45, 2.75) is 11.5 Å². The Morgan fingerprint density at radius 2 is 1.76 bits per heavy atom. The molecule has 0 radical (unpaired) electrons. The Hall–Kier alpha value is -2.71. The normalized spacial score (nSPS) is 10.5. The molecule has 1 aromatic heterocycles. The van der Waals surface area contributed by atoms with Crippen LogP contribution < -0.4 is 14.2 Å². The lowest BCUT2D eigenvalue weighted by Crippen LogP contribution is -2.07. The van der Waals surface area contributed by atoms with Crippen LogP contribution in [0.3, 0.4) is 0 Å². The van der Waals surface area contributed by atoms with E-state index in [4.69, 9.17) is 18.9 Å². The SMILES string of the molecule is COc1ccc(-c2nc(COC(=O)c3ccc(SC)cc3OC)cs2)cc1OC. The minimum Gasteiger partial charge on any atom is -0.496 e. The molecule has 0 fully saturated rings. The van der Waals surface area contributed by atoms with E-state index in [1.54, 1.807) is 32.0 Å². The Kier molecular flexibility index (Phi) is 7.00. The summed E-state index contributed by atoms with van der Waals surface area (Å²) in [5.74, 6) is 1.33. The number of thiazole rings is 1. The number of benzene rings is 2. The van der Waals surface area contributed by atoms with Crippen molar-refractivity contribution in [3.63, 3.8) is 0 Å². The molecule has 0 spiro atoms. The molecule has 0 unspecified atom stereocenters. The summed E-state index contributed by atoms with van der Waals surface area (Å²) in [6, 6.07) is 11.0. The topological polar surface area (TPSA) is 66.9 Å². The van der Waals surface area contributed by atoms with Gasteiger partial charge in [-0.25, -0.2) is 9.78 Å². The van der Waals surface area contributed by atoms with Crippen LogP contribution >= 0.6 is 23.1 Å². The van der Waals surface area contributed by atoms with Gasteiger partial charge in [0.05, 0.1) is 27.0 Å². The van der Waals surface area contributed by atoms with E-state index in [9.17, 15) is 4.79 Å². The van der Waals surface area contributed by atoms with Crippen LogP contribution in [0.1, 0.15) is 16.1 Å². The second kappa shape index (κ2) is 9.67. The summed E-state index contributed by atoms with van der Waals surface area (Å²) >= 11 is 3.05. The monoisotopic (exact) mass is 431 g/mol. The average Bonchev–Trinajstić information content (AvgIpc) is 3.25. The van der Waals surface area contributed by atoms with Gasteiger partial charge < -0.3 is 18.9 Å². The van der Waals surface area contributed by atoms with E-state index in [1.807, 2.05) is 42.0 Å². The van der Waals surface area contributed by atoms with Gasteiger partial charge in [0.25, 0.3) is 0 Å². The molecule has 0 aliphatic carbocycles. The summed E-state index contributed by atoms with van der Waals surface area (Å²) in [5.41, 5.74) is 1.97. The Labute approximate surface area is 177 Å². The van der Waals surface area contributed by atoms with Crippen LogP contribution in [0.2, 0.25) is 0 Å². The van der Waals surface area contributed by atoms with Gasteiger partial charge in [0, 0.05) is 15.8 Å². The number of esters is 1. The van der Waals surface area contributed by atoms with Gasteiger partial charge >= 0.3 is 5.97 Å². The first-order valence-electron chi connectivity index (χ1n) is 8.65. The highest BCUT2D eigenvalue weighted by molar-refractivity contribution is 7.98. The van der Waals surface area contributed by atoms with Crippen molar-refractivity contribution in [2.24, 2.45) is 0 Å². The number of thioether (sulfide) groups is 1. The smallest absolute Gasteiger partial charge is 0.342 e. The first-order chi connectivity index (χ1) is 14.1. The van der Waals surface area contributed by atoms with E-state index < -0.39 is 5.97 Å². The summed E-state index contributed by atoms with van der Waals surface area (Å²) < 4.78 is 21.4. The van der Waals surface area contributed by atoms with Crippen molar-refractivity contribution >= 4 is 29.1 Å². The van der Waals surface area contributed by atoms with Gasteiger partial charge in [-0.2, -0.15) is 0 Å². The van der Waals surface area contributed by atoms with Crippen LogP contribution in [-0.2, 0) is 11.3 Å². The highest BCUT2D eigenvalue weighted by Crippen LogP contribution is 2.33. The predicted octanol–water partition coefficient (Wildman–Crippen LogP) is 4.91. The zero-order valence-electron chi connectivity index (χ0n) is 16.6. The molecule has 3 rings (SSSR count). The third-order valence-corrected chi connectivity index (χ3v) is 5.83. The molecule has 2 aromatic carbocycles. The van der Waals surface area contributed by atoms with E-state index in [2.05, 4.69) is 4.98 Å². The lowest BCUT2D eigenvalue weighted by atomic mass is 10.2. The average molecular weight is 432 g/mol. The molecule has 0 saturated heterocycles. The number of hydrogen-bond acceptors (Lipinski definition) is 8. The molecule has 0 saturated carbocycles. The van der Waals surface area contributed by atoms with Gasteiger partial charge in [0.2, 0.25) is 0 Å². The van der Waals surface area contributed by atoms with E-state index in [0.717, 1.165) is 15.5 Å². The van der Waals surface area contributed by atoms with Crippen molar-refractivity contribution in [3.8, 4) is 27.8 Å². The summed E-state index contributed by atoms with van der Waals surface area (Å²) in [5, 5.41) is 2.67. The molecule has 152 valence electrons. The molecule has 0 aliphatic rings. The quantitative estimate of drug-likeness (QED) is 0.371. The molecule has 0 amide bonds. The third kappa shape index (κ3) is 4.83. The highest BCUT2D eigenvalue weighted by Gasteiger charge is 2.16. The number of carbonyl (C=O) groups is 1. The summed E-state index contributed by atoms with van der Waals surface area (Å²) in [6.07, 6.45) is 1.96. The second-order valence-electron chi connectivity index (χ2n) is 5.86. The number of rotatable bonds is 8. The number of aromatic nitrogens is 1. The van der Waals surface area contributed by atoms with Crippen molar-refractivity contribution in [3.05, 3.63) is 53.0 Å². The van der Waals surface area contributed by atoms with Crippen molar-refractivity contribution in [1.82, 2.24) is 4.98 Å². The Bertz CT molecular complexity index is 1000. The predicted molar refractivity (Wildman–Crippen MR) is 115 cm³/mol. The molecule has 0 bridgehead atoms. The van der Waals surface area contributed by atoms with Crippen molar-refractivity contribution in [1.29, 1.82) is 0 Å². The van der Waals surface area contributed by atoms with Crippen LogP contribution in [-0.4, -0.2) is 38.5 Å². The van der Waals surface area contributed by atoms with Gasteiger partial charge in [0.1, 0.15) is 22.9 Å². The Morgan fingerprint density at radius 3 is 2.45 bits per heavy atom. The molecule has 29 heavy (non-hydrogen) atoms. The standard InChI is InChI=1S/C21H21NO5S2/c1-24-17-8-5-13(9-19(17)26-3)20-22-14(12-29-20)11-27-21(23)16-7-6-15(28-4)10-18(16)25-2/h5-10,12H,11H2,1-4H3. The van der Waals surface area contributed by atoms with Gasteiger partial charge in [-0.05, 0) is 42.7 Å². The summed E-state index contributed by atoms with van der Waals surface area (Å²) in [4.78, 5) is 18.0. The largest absolute Gasteiger partial charge is 0.496 e. The molecule has 3 aromatic rings. The molecular formula is C21H21NO5S2. The van der Waals surface area contributed by atoms with Crippen LogP contribution in [0.5, 0.6) is 17.2 Å². The maximum absolute atomic E-state index is 12.5. The number of hydrogen-bond donors (Lipinski definition) is 0. The summed E-state index contributed by atoms with van der Waals surface area (Å²) in [7, 11) is 4.72. The molecule has 0 aliphatic heterocycles. The Morgan fingerprint density at radius 1 is 1.00 bits per heavy atom. The third-order valence-electron chi connectivity index (χ3n) is 4.16. The fourth-order valence-electron chi connectivity index (χ4n) is 2.66. The van der Waals surface area contributed by atoms with E-state index >= 15 is 0 Å². The first-order valence-corrected chi connectivity index (χ1v) is 10.8. The minimum absolute atomic E-state index is 0.0794. The Balaban J connectivity index is 1.70. The van der Waals surface area contributed by atoms with E-state index in [1.165, 1.54) is 18.4 Å². The fraction of sp³-hybridized carbons (Fsp3) is 0.238. The minimum atomic E-state index is -0.449. The second-order valence-corrected chi connectivity index (χ2v) is 7.59. The lowest BCUT2D eigenvalue weighted by Gasteiger charge is -2.09. The number of carbonyl (C=O) groups excluding carboxylic acids is 1. The number of nitrogens with zero attached hydrogens (tertiary/aromatic N) is 1. The fourth-order valence-corrected chi connectivity index (χ4v) is 3.89. The van der Waals surface area contributed by atoms with E-state index in [0.29, 0.717) is 28.5 Å². The first kappa shape index (κ1) is 21.0. The van der Waals surface area contributed by atoms with Crippen LogP contribution in [0.25, 0.3) is 10.6 Å². The maximum atomic E-state index is 12.5. The zero-order chi connectivity index (χ0) is 20.8. The van der Waals surface area contributed by atoms with Crippen LogP contribution in [0, 0.1) is 0 Å². The molecule has 0 N–H and O–H groups in total. The van der Waals surface area contributed by atoms with Gasteiger partial charge in [-0.15, -0.1) is 23.1 Å². The maximum Gasteiger partial charge on any atom is 0.342 e. The van der Waals surface area contributed by atoms with Crippen LogP contribution in [0.15, 0.2) is 46.7 Å². The van der Waals surface area contributed by atoms with Gasteiger partial charge in [-0.3, -0.25) is 0 Å². The highest BCUT2D eigenvalue weighted by atomic mass is 32.2. The molecule has 6 nitrogen and oxygen atoms in total. The molecule has 0 atom stereocenters. The molecule has 1 heterocycles. The summed E-state index contributed by atoms with van der Waals surface area (Å²) in [6.45, 7) is 0.0794. The lowest BCUT2D eigenvalue weighted by molar-refractivity contribution is 0.0464. The van der Waals surface area contributed by atoms with Gasteiger partial charge in [0.15, 0.2) is 11.5 Å². The van der Waals surface area contributed by atoms with E-state index in [-0.39, 0.29) is 6.61 Å². The van der Waals surface area contributed by atoms with Crippen LogP contribution in [0.4, 0.5) is 0 Å². The molecular weight excluding hydrogens is 410 g/mol.